The van der Waals surface area contributed by atoms with Crippen LogP contribution in [0, 0.1) is 6.92 Å². The van der Waals surface area contributed by atoms with Crippen molar-refractivity contribution in [3.8, 4) is 5.75 Å². The molecule has 2 rings (SSSR count). The molecule has 0 bridgehead atoms. The molecule has 130 valence electrons. The molecule has 0 fully saturated rings. The number of nitrogens with two attached hydrogens (primary N) is 1. The van der Waals surface area contributed by atoms with Crippen molar-refractivity contribution in [3.63, 3.8) is 0 Å². The molecule has 2 aromatic rings. The normalized spacial score (nSPS) is 11.4. The summed E-state index contributed by atoms with van der Waals surface area (Å²) >= 11 is 1.30. The van der Waals surface area contributed by atoms with E-state index in [0.717, 1.165) is 5.01 Å². The van der Waals surface area contributed by atoms with Crippen LogP contribution in [0.2, 0.25) is 0 Å². The maximum Gasteiger partial charge on any atom is 0.422 e. The number of carbonyl (C=O) groups is 1. The van der Waals surface area contributed by atoms with Crippen LogP contribution < -0.4 is 15.8 Å². The van der Waals surface area contributed by atoms with Gasteiger partial charge in [0.1, 0.15) is 11.4 Å². The summed E-state index contributed by atoms with van der Waals surface area (Å²) in [7, 11) is 0. The number of hydrogen-bond donors (Lipinski definition) is 2. The van der Waals surface area contributed by atoms with Crippen molar-refractivity contribution < 1.29 is 22.7 Å². The molecule has 5 nitrogen and oxygen atoms in total. The van der Waals surface area contributed by atoms with E-state index >= 15 is 0 Å². The van der Waals surface area contributed by atoms with Crippen molar-refractivity contribution in [1.82, 2.24) is 4.98 Å². The van der Waals surface area contributed by atoms with Crippen molar-refractivity contribution >= 4 is 22.9 Å². The van der Waals surface area contributed by atoms with Crippen LogP contribution in [0.4, 0.5) is 18.9 Å². The Kier molecular flexibility index (Phi) is 5.79. The highest BCUT2D eigenvalue weighted by atomic mass is 32.1. The standard InChI is InChI=1S/C15H16F3N3O2S/c1-9-2-3-10(12(6-9)23-8-15(16,17)18)21-14(22)11-7-24-13(20-11)4-5-19/h2-3,6-7H,4-5,8,19H2,1H3,(H,21,22). The minimum Gasteiger partial charge on any atom is -0.482 e. The first-order valence-corrected chi connectivity index (χ1v) is 7.92. The first kappa shape index (κ1) is 18.2. The predicted molar refractivity (Wildman–Crippen MR) is 85.6 cm³/mol. The van der Waals surface area contributed by atoms with Gasteiger partial charge in [-0.05, 0) is 31.2 Å². The lowest BCUT2D eigenvalue weighted by Crippen LogP contribution is -2.20. The van der Waals surface area contributed by atoms with Crippen LogP contribution in [0.15, 0.2) is 23.6 Å². The summed E-state index contributed by atoms with van der Waals surface area (Å²) in [6.45, 7) is 0.699. The molecule has 0 aliphatic carbocycles. The Bertz CT molecular complexity index is 716. The van der Waals surface area contributed by atoms with E-state index < -0.39 is 18.7 Å². The van der Waals surface area contributed by atoms with Crippen LogP contribution >= 0.6 is 11.3 Å². The Morgan fingerprint density at radius 3 is 2.83 bits per heavy atom. The van der Waals surface area contributed by atoms with Gasteiger partial charge in [-0.3, -0.25) is 4.79 Å². The van der Waals surface area contributed by atoms with Gasteiger partial charge in [-0.1, -0.05) is 6.07 Å². The highest BCUT2D eigenvalue weighted by Gasteiger charge is 2.29. The van der Waals surface area contributed by atoms with Crippen LogP contribution in [0.3, 0.4) is 0 Å². The molecule has 0 aliphatic rings. The second kappa shape index (κ2) is 7.63. The Morgan fingerprint density at radius 1 is 1.42 bits per heavy atom. The van der Waals surface area contributed by atoms with Crippen LogP contribution in [0.25, 0.3) is 0 Å². The van der Waals surface area contributed by atoms with Crippen molar-refractivity contribution in [2.24, 2.45) is 5.73 Å². The topological polar surface area (TPSA) is 77.2 Å². The average Bonchev–Trinajstić information content (AvgIpc) is 2.96. The summed E-state index contributed by atoms with van der Waals surface area (Å²) < 4.78 is 41.8. The third-order valence-corrected chi connectivity index (χ3v) is 3.83. The zero-order valence-electron chi connectivity index (χ0n) is 12.8. The van der Waals surface area contributed by atoms with Gasteiger partial charge >= 0.3 is 6.18 Å². The molecule has 1 heterocycles. The van der Waals surface area contributed by atoms with E-state index in [-0.39, 0.29) is 17.1 Å². The quantitative estimate of drug-likeness (QED) is 0.831. The number of halogens is 3. The number of rotatable bonds is 6. The fourth-order valence-corrected chi connectivity index (χ4v) is 2.65. The van der Waals surface area contributed by atoms with Crippen molar-refractivity contribution in [2.45, 2.75) is 19.5 Å². The number of alkyl halides is 3. The fraction of sp³-hybridized carbons (Fsp3) is 0.333. The maximum absolute atomic E-state index is 12.3. The number of hydrogen-bond acceptors (Lipinski definition) is 5. The third kappa shape index (κ3) is 5.20. The summed E-state index contributed by atoms with van der Waals surface area (Å²) in [6.07, 6.45) is -3.90. The maximum atomic E-state index is 12.3. The second-order valence-corrected chi connectivity index (χ2v) is 5.97. The van der Waals surface area contributed by atoms with Gasteiger partial charge in [-0.15, -0.1) is 11.3 Å². The fourth-order valence-electron chi connectivity index (χ4n) is 1.85. The number of carbonyl (C=O) groups excluding carboxylic acids is 1. The zero-order valence-corrected chi connectivity index (χ0v) is 13.6. The van der Waals surface area contributed by atoms with Gasteiger partial charge < -0.3 is 15.8 Å². The van der Waals surface area contributed by atoms with Crippen molar-refractivity contribution in [3.05, 3.63) is 39.8 Å². The van der Waals surface area contributed by atoms with E-state index in [1.807, 2.05) is 0 Å². The molecular formula is C15H16F3N3O2S. The molecular weight excluding hydrogens is 343 g/mol. The number of amides is 1. The van der Waals surface area contributed by atoms with Gasteiger partial charge in [0, 0.05) is 11.8 Å². The largest absolute Gasteiger partial charge is 0.482 e. The average molecular weight is 359 g/mol. The molecule has 0 unspecified atom stereocenters. The van der Waals surface area contributed by atoms with Crippen LogP contribution in [-0.2, 0) is 6.42 Å². The molecule has 24 heavy (non-hydrogen) atoms. The first-order chi connectivity index (χ1) is 11.3. The molecule has 0 saturated heterocycles. The lowest BCUT2D eigenvalue weighted by atomic mass is 10.2. The predicted octanol–water partition coefficient (Wildman–Crippen LogP) is 3.15. The van der Waals surface area contributed by atoms with Crippen LogP contribution in [0.5, 0.6) is 5.75 Å². The summed E-state index contributed by atoms with van der Waals surface area (Å²) in [5.74, 6) is -0.562. The molecule has 1 aromatic carbocycles. The third-order valence-electron chi connectivity index (χ3n) is 2.92. The molecule has 1 amide bonds. The summed E-state index contributed by atoms with van der Waals surface area (Å²) in [6, 6.07) is 4.59. The van der Waals surface area contributed by atoms with Gasteiger partial charge in [-0.25, -0.2) is 4.98 Å². The zero-order chi connectivity index (χ0) is 17.7. The van der Waals surface area contributed by atoms with Crippen molar-refractivity contribution in [1.29, 1.82) is 0 Å². The number of aromatic nitrogens is 1. The van der Waals surface area contributed by atoms with E-state index in [9.17, 15) is 18.0 Å². The van der Waals surface area contributed by atoms with Gasteiger partial charge in [0.25, 0.3) is 5.91 Å². The van der Waals surface area contributed by atoms with Crippen LogP contribution in [0.1, 0.15) is 21.1 Å². The number of ether oxygens (including phenoxy) is 1. The number of anilines is 1. The van der Waals surface area contributed by atoms with Gasteiger partial charge in [0.05, 0.1) is 10.7 Å². The Morgan fingerprint density at radius 2 is 2.17 bits per heavy atom. The van der Waals surface area contributed by atoms with Gasteiger partial charge in [0.2, 0.25) is 0 Å². The Hall–Kier alpha value is -2.13. The SMILES string of the molecule is Cc1ccc(NC(=O)c2csc(CCN)n2)c(OCC(F)(F)F)c1. The number of benzene rings is 1. The summed E-state index contributed by atoms with van der Waals surface area (Å²) in [4.78, 5) is 16.3. The van der Waals surface area contributed by atoms with Crippen LogP contribution in [-0.4, -0.2) is 30.2 Å². The Labute approximate surface area is 140 Å². The monoisotopic (exact) mass is 359 g/mol. The number of aryl methyl sites for hydroxylation is 1. The molecule has 3 N–H and O–H groups in total. The highest BCUT2D eigenvalue weighted by Crippen LogP contribution is 2.28. The van der Waals surface area contributed by atoms with E-state index in [1.165, 1.54) is 23.5 Å². The highest BCUT2D eigenvalue weighted by molar-refractivity contribution is 7.09. The summed E-state index contributed by atoms with van der Waals surface area (Å²) in [5, 5.41) is 4.82. The second-order valence-electron chi connectivity index (χ2n) is 5.02. The lowest BCUT2D eigenvalue weighted by molar-refractivity contribution is -0.153. The van der Waals surface area contributed by atoms with Crippen molar-refractivity contribution in [2.75, 3.05) is 18.5 Å². The molecule has 1 aromatic heterocycles. The molecule has 0 aliphatic heterocycles. The first-order valence-electron chi connectivity index (χ1n) is 7.04. The Balaban J connectivity index is 2.14. The smallest absolute Gasteiger partial charge is 0.422 e. The minimum atomic E-state index is -4.46. The number of nitrogens with one attached hydrogen (secondary N) is 1. The van der Waals surface area contributed by atoms with E-state index in [1.54, 1.807) is 18.4 Å². The lowest BCUT2D eigenvalue weighted by Gasteiger charge is -2.14. The number of nitrogens with zero attached hydrogens (tertiary/aromatic N) is 1. The molecule has 0 radical (unpaired) electrons. The van der Waals surface area contributed by atoms with Gasteiger partial charge in [-0.2, -0.15) is 13.2 Å². The summed E-state index contributed by atoms with van der Waals surface area (Å²) in [5.41, 5.74) is 6.48. The molecule has 9 heteroatoms. The van der Waals surface area contributed by atoms with Gasteiger partial charge in [0.15, 0.2) is 6.61 Å². The number of thiazole rings is 1. The molecule has 0 spiro atoms. The van der Waals surface area contributed by atoms with E-state index in [4.69, 9.17) is 10.5 Å². The molecule has 0 saturated carbocycles. The van der Waals surface area contributed by atoms with E-state index in [2.05, 4.69) is 10.3 Å². The minimum absolute atomic E-state index is 0.0434. The molecule has 0 atom stereocenters. The van der Waals surface area contributed by atoms with E-state index in [0.29, 0.717) is 18.5 Å².